The van der Waals surface area contributed by atoms with Gasteiger partial charge in [0.15, 0.2) is 0 Å². The predicted molar refractivity (Wildman–Crippen MR) is 53.4 cm³/mol. The molecule has 0 aliphatic heterocycles. The molecule has 0 radical (unpaired) electrons. The summed E-state index contributed by atoms with van der Waals surface area (Å²) in [4.78, 5) is 20.8. The third-order valence-electron chi connectivity index (χ3n) is 2.12. The Morgan fingerprint density at radius 1 is 1.81 bits per heavy atom. The summed E-state index contributed by atoms with van der Waals surface area (Å²) in [6.45, 7) is 0. The SMILES string of the molecule is COC(=O)CCC(N)c1cn[nH]c1[N+](=O)[O-]. The average molecular weight is 228 g/mol. The topological polar surface area (TPSA) is 124 Å². The van der Waals surface area contributed by atoms with Crippen molar-refractivity contribution in [1.82, 2.24) is 10.2 Å². The number of H-pyrrole nitrogens is 1. The van der Waals surface area contributed by atoms with E-state index in [9.17, 15) is 14.9 Å². The van der Waals surface area contributed by atoms with E-state index in [-0.39, 0.29) is 24.2 Å². The van der Waals surface area contributed by atoms with E-state index in [2.05, 4.69) is 14.9 Å². The predicted octanol–water partition coefficient (Wildman–Crippen LogP) is 0.271. The molecule has 8 nitrogen and oxygen atoms in total. The molecule has 0 amide bonds. The van der Waals surface area contributed by atoms with Gasteiger partial charge in [-0.25, -0.2) is 0 Å². The summed E-state index contributed by atoms with van der Waals surface area (Å²) >= 11 is 0. The zero-order valence-electron chi connectivity index (χ0n) is 8.67. The second-order valence-electron chi connectivity index (χ2n) is 3.15. The monoisotopic (exact) mass is 228 g/mol. The molecule has 1 rings (SSSR count). The molecule has 0 saturated carbocycles. The van der Waals surface area contributed by atoms with E-state index in [4.69, 9.17) is 5.73 Å². The van der Waals surface area contributed by atoms with Gasteiger partial charge < -0.3 is 20.6 Å². The number of nitro groups is 1. The third kappa shape index (κ3) is 2.76. The van der Waals surface area contributed by atoms with Crippen LogP contribution in [-0.2, 0) is 9.53 Å². The van der Waals surface area contributed by atoms with Crippen LogP contribution in [0.25, 0.3) is 0 Å². The summed E-state index contributed by atoms with van der Waals surface area (Å²) in [7, 11) is 1.27. The van der Waals surface area contributed by atoms with Crippen LogP contribution in [0.3, 0.4) is 0 Å². The minimum atomic E-state index is -0.613. The zero-order chi connectivity index (χ0) is 12.1. The molecule has 1 aromatic heterocycles. The van der Waals surface area contributed by atoms with Crippen molar-refractivity contribution in [2.45, 2.75) is 18.9 Å². The highest BCUT2D eigenvalue weighted by Gasteiger charge is 2.21. The van der Waals surface area contributed by atoms with Gasteiger partial charge in [-0.05, 0) is 11.3 Å². The Balaban J connectivity index is 2.65. The maximum absolute atomic E-state index is 10.9. The molecule has 0 spiro atoms. The molecule has 3 N–H and O–H groups in total. The molecule has 1 unspecified atom stereocenters. The number of aromatic amines is 1. The molecule has 0 saturated heterocycles. The number of hydrogen-bond acceptors (Lipinski definition) is 6. The summed E-state index contributed by atoms with van der Waals surface area (Å²) < 4.78 is 4.44. The normalized spacial score (nSPS) is 12.1. The van der Waals surface area contributed by atoms with E-state index >= 15 is 0 Å². The van der Waals surface area contributed by atoms with Crippen LogP contribution in [0.2, 0.25) is 0 Å². The van der Waals surface area contributed by atoms with Crippen LogP contribution in [-0.4, -0.2) is 28.2 Å². The number of carbonyl (C=O) groups is 1. The molecular formula is C8H12N4O4. The Labute approximate surface area is 90.9 Å². The van der Waals surface area contributed by atoms with Gasteiger partial charge >= 0.3 is 11.8 Å². The molecule has 88 valence electrons. The van der Waals surface area contributed by atoms with Crippen LogP contribution >= 0.6 is 0 Å². The minimum absolute atomic E-state index is 0.111. The number of ether oxygens (including phenoxy) is 1. The van der Waals surface area contributed by atoms with Crippen molar-refractivity contribution >= 4 is 11.8 Å². The van der Waals surface area contributed by atoms with Crippen LogP contribution < -0.4 is 5.73 Å². The van der Waals surface area contributed by atoms with Crippen molar-refractivity contribution < 1.29 is 14.5 Å². The Hall–Kier alpha value is -1.96. The second kappa shape index (κ2) is 5.21. The molecule has 0 aliphatic rings. The fourth-order valence-corrected chi connectivity index (χ4v) is 1.24. The lowest BCUT2D eigenvalue weighted by Crippen LogP contribution is -2.13. The number of nitrogens with zero attached hydrogens (tertiary/aromatic N) is 2. The zero-order valence-corrected chi connectivity index (χ0v) is 8.67. The minimum Gasteiger partial charge on any atom is -0.469 e. The highest BCUT2D eigenvalue weighted by Crippen LogP contribution is 2.23. The maximum Gasteiger partial charge on any atom is 0.347 e. The molecule has 1 atom stereocenters. The van der Waals surface area contributed by atoms with Gasteiger partial charge in [0, 0.05) is 12.5 Å². The highest BCUT2D eigenvalue weighted by molar-refractivity contribution is 5.69. The quantitative estimate of drug-likeness (QED) is 0.423. The van der Waals surface area contributed by atoms with Crippen LogP contribution in [0.4, 0.5) is 5.82 Å². The maximum atomic E-state index is 10.9. The summed E-state index contributed by atoms with van der Waals surface area (Å²) in [5, 5.41) is 16.4. The van der Waals surface area contributed by atoms with E-state index in [1.54, 1.807) is 0 Å². The average Bonchev–Trinajstić information content (AvgIpc) is 2.74. The fraction of sp³-hybridized carbons (Fsp3) is 0.500. The van der Waals surface area contributed by atoms with Gasteiger partial charge in [0.05, 0.1) is 18.9 Å². The van der Waals surface area contributed by atoms with Crippen LogP contribution in [0.5, 0.6) is 0 Å². The summed E-state index contributed by atoms with van der Waals surface area (Å²) in [5.74, 6) is -0.640. The van der Waals surface area contributed by atoms with Crippen LogP contribution in [0.15, 0.2) is 6.20 Å². The number of esters is 1. The van der Waals surface area contributed by atoms with E-state index in [0.29, 0.717) is 0 Å². The summed E-state index contributed by atoms with van der Waals surface area (Å²) in [5.41, 5.74) is 5.99. The number of hydrogen-bond donors (Lipinski definition) is 2. The number of aromatic nitrogens is 2. The smallest absolute Gasteiger partial charge is 0.347 e. The van der Waals surface area contributed by atoms with Gasteiger partial charge in [0.2, 0.25) is 0 Å². The molecule has 0 aromatic carbocycles. The van der Waals surface area contributed by atoms with Crippen molar-refractivity contribution in [2.24, 2.45) is 5.73 Å². The van der Waals surface area contributed by atoms with Gasteiger partial charge in [0.1, 0.15) is 0 Å². The van der Waals surface area contributed by atoms with E-state index < -0.39 is 16.9 Å². The molecule has 0 fully saturated rings. The Kier molecular flexibility index (Phi) is 3.95. The first-order chi connectivity index (χ1) is 7.56. The lowest BCUT2D eigenvalue weighted by molar-refractivity contribution is -0.390. The van der Waals surface area contributed by atoms with Gasteiger partial charge in [-0.3, -0.25) is 4.79 Å². The van der Waals surface area contributed by atoms with E-state index in [1.165, 1.54) is 13.3 Å². The highest BCUT2D eigenvalue weighted by atomic mass is 16.6. The van der Waals surface area contributed by atoms with Gasteiger partial charge in [-0.2, -0.15) is 0 Å². The Morgan fingerprint density at radius 2 is 2.50 bits per heavy atom. The molecule has 8 heteroatoms. The number of nitrogens with one attached hydrogen (secondary N) is 1. The summed E-state index contributed by atoms with van der Waals surface area (Å²) in [6, 6.07) is -0.613. The summed E-state index contributed by atoms with van der Waals surface area (Å²) in [6.07, 6.45) is 1.67. The standard InChI is InChI=1S/C8H12N4O4/c1-16-7(13)3-2-6(9)5-4-10-11-8(5)12(14)15/h4,6H,2-3,9H2,1H3,(H,10,11). The number of carbonyl (C=O) groups excluding carboxylic acids is 1. The van der Waals surface area contributed by atoms with E-state index in [0.717, 1.165) is 0 Å². The lowest BCUT2D eigenvalue weighted by atomic mass is 10.1. The molecule has 16 heavy (non-hydrogen) atoms. The molecule has 1 aromatic rings. The van der Waals surface area contributed by atoms with Gasteiger partial charge in [-0.15, -0.1) is 5.10 Å². The van der Waals surface area contributed by atoms with E-state index in [1.807, 2.05) is 0 Å². The van der Waals surface area contributed by atoms with Crippen molar-refractivity contribution in [3.05, 3.63) is 21.9 Å². The Bertz CT molecular complexity index is 389. The number of rotatable bonds is 5. The van der Waals surface area contributed by atoms with Gasteiger partial charge in [0.25, 0.3) is 0 Å². The molecule has 0 bridgehead atoms. The van der Waals surface area contributed by atoms with Crippen molar-refractivity contribution in [2.75, 3.05) is 7.11 Å². The Morgan fingerprint density at radius 3 is 3.06 bits per heavy atom. The van der Waals surface area contributed by atoms with Gasteiger partial charge in [-0.1, -0.05) is 5.10 Å². The number of methoxy groups -OCH3 is 1. The largest absolute Gasteiger partial charge is 0.469 e. The van der Waals surface area contributed by atoms with Crippen molar-refractivity contribution in [3.8, 4) is 0 Å². The fourth-order valence-electron chi connectivity index (χ4n) is 1.24. The molecular weight excluding hydrogens is 216 g/mol. The first kappa shape index (κ1) is 12.1. The number of nitrogens with two attached hydrogens (primary N) is 1. The first-order valence-corrected chi connectivity index (χ1v) is 4.56. The first-order valence-electron chi connectivity index (χ1n) is 4.56. The lowest BCUT2D eigenvalue weighted by Gasteiger charge is -2.07. The third-order valence-corrected chi connectivity index (χ3v) is 2.12. The second-order valence-corrected chi connectivity index (χ2v) is 3.15. The van der Waals surface area contributed by atoms with Crippen molar-refractivity contribution in [1.29, 1.82) is 0 Å². The van der Waals surface area contributed by atoms with Crippen LogP contribution in [0.1, 0.15) is 24.4 Å². The van der Waals surface area contributed by atoms with Crippen molar-refractivity contribution in [3.63, 3.8) is 0 Å². The van der Waals surface area contributed by atoms with Crippen LogP contribution in [0, 0.1) is 10.1 Å². The molecule has 1 heterocycles. The molecule has 0 aliphatic carbocycles.